The van der Waals surface area contributed by atoms with Crippen LogP contribution >= 0.6 is 15.9 Å². The van der Waals surface area contributed by atoms with Gasteiger partial charge in [0.1, 0.15) is 0 Å². The Hall–Kier alpha value is -0.610. The predicted molar refractivity (Wildman–Crippen MR) is 56.1 cm³/mol. The Bertz CT molecular complexity index is 348. The van der Waals surface area contributed by atoms with Crippen LogP contribution in [0, 0.1) is 5.92 Å². The fourth-order valence-corrected chi connectivity index (χ4v) is 2.31. The number of hydrogen-bond donors (Lipinski definition) is 1. The topological polar surface area (TPSA) is 56.2 Å². The van der Waals surface area contributed by atoms with Crippen molar-refractivity contribution in [2.75, 3.05) is 0 Å². The molecule has 0 aliphatic heterocycles. The van der Waals surface area contributed by atoms with Crippen LogP contribution in [0.15, 0.2) is 21.2 Å². The molecule has 0 amide bonds. The van der Waals surface area contributed by atoms with E-state index >= 15 is 0 Å². The van der Waals surface area contributed by atoms with E-state index in [-0.39, 0.29) is 17.7 Å². The molecule has 0 aromatic carbocycles. The molecule has 1 aromatic rings. The molecule has 76 valence electrons. The summed E-state index contributed by atoms with van der Waals surface area (Å²) in [4.78, 5) is 11.9. The van der Waals surface area contributed by atoms with E-state index in [1.807, 2.05) is 0 Å². The van der Waals surface area contributed by atoms with Crippen molar-refractivity contribution in [3.05, 3.63) is 22.6 Å². The zero-order valence-corrected chi connectivity index (χ0v) is 9.29. The molecule has 4 heteroatoms. The summed E-state index contributed by atoms with van der Waals surface area (Å²) in [5, 5.41) is 0. The quantitative estimate of drug-likeness (QED) is 0.828. The smallest absolute Gasteiger partial charge is 0.202 e. The number of furan rings is 1. The number of rotatable bonds is 2. The highest BCUT2D eigenvalue weighted by atomic mass is 79.9. The second kappa shape index (κ2) is 3.87. The monoisotopic (exact) mass is 257 g/mol. The van der Waals surface area contributed by atoms with Gasteiger partial charge >= 0.3 is 0 Å². The third-order valence-electron chi connectivity index (χ3n) is 2.68. The number of carbonyl (C=O) groups is 1. The molecule has 0 saturated heterocycles. The van der Waals surface area contributed by atoms with Gasteiger partial charge in [-0.05, 0) is 41.3 Å². The van der Waals surface area contributed by atoms with Gasteiger partial charge in [0.25, 0.3) is 0 Å². The summed E-state index contributed by atoms with van der Waals surface area (Å²) in [5.74, 6) is 0.561. The molecule has 3 nitrogen and oxygen atoms in total. The first-order valence-corrected chi connectivity index (χ1v) is 5.50. The van der Waals surface area contributed by atoms with Gasteiger partial charge in [0.05, 0.1) is 10.7 Å². The summed E-state index contributed by atoms with van der Waals surface area (Å²) >= 11 is 3.28. The summed E-state index contributed by atoms with van der Waals surface area (Å²) in [6.45, 7) is 0. The van der Waals surface area contributed by atoms with Crippen LogP contribution in [0.3, 0.4) is 0 Å². The molecular weight excluding hydrogens is 246 g/mol. The number of carbonyl (C=O) groups excluding carboxylic acids is 1. The third-order valence-corrected chi connectivity index (χ3v) is 3.31. The Morgan fingerprint density at radius 2 is 2.36 bits per heavy atom. The van der Waals surface area contributed by atoms with Crippen LogP contribution in [-0.4, -0.2) is 11.8 Å². The highest BCUT2D eigenvalue weighted by Gasteiger charge is 2.30. The second-order valence-electron chi connectivity index (χ2n) is 3.73. The first-order chi connectivity index (χ1) is 6.68. The lowest BCUT2D eigenvalue weighted by atomic mass is 10.0. The van der Waals surface area contributed by atoms with Gasteiger partial charge in [-0.15, -0.1) is 0 Å². The van der Waals surface area contributed by atoms with Crippen LogP contribution in [0.25, 0.3) is 0 Å². The Morgan fingerprint density at radius 1 is 1.57 bits per heavy atom. The number of Topliss-reactive ketones (excluding diaryl/α,β-unsaturated/α-hetero) is 1. The maximum Gasteiger partial charge on any atom is 0.202 e. The maximum absolute atomic E-state index is 11.9. The fourth-order valence-electron chi connectivity index (χ4n) is 1.91. The highest BCUT2D eigenvalue weighted by molar-refractivity contribution is 9.10. The molecule has 1 saturated carbocycles. The van der Waals surface area contributed by atoms with Gasteiger partial charge < -0.3 is 10.2 Å². The number of nitrogens with two attached hydrogens (primary N) is 1. The van der Waals surface area contributed by atoms with Gasteiger partial charge in [-0.2, -0.15) is 0 Å². The molecule has 2 unspecified atom stereocenters. The number of ketones is 1. The van der Waals surface area contributed by atoms with E-state index in [9.17, 15) is 4.79 Å². The molecule has 0 radical (unpaired) electrons. The summed E-state index contributed by atoms with van der Waals surface area (Å²) in [7, 11) is 0. The predicted octanol–water partition coefficient (Wildman–Crippen LogP) is 2.35. The fraction of sp³-hybridized carbons (Fsp3) is 0.500. The van der Waals surface area contributed by atoms with Crippen molar-refractivity contribution in [3.63, 3.8) is 0 Å². The lowest BCUT2D eigenvalue weighted by Crippen LogP contribution is -2.18. The molecule has 0 bridgehead atoms. The molecule has 2 rings (SSSR count). The SMILES string of the molecule is NC1CCC(C(=O)c2occc2Br)C1. The summed E-state index contributed by atoms with van der Waals surface area (Å²) in [5.41, 5.74) is 5.76. The van der Waals surface area contributed by atoms with Crippen LogP contribution in [0.1, 0.15) is 29.8 Å². The molecule has 1 aromatic heterocycles. The minimum absolute atomic E-state index is 0.0486. The van der Waals surface area contributed by atoms with E-state index < -0.39 is 0 Å². The van der Waals surface area contributed by atoms with Crippen LogP contribution in [-0.2, 0) is 0 Å². The van der Waals surface area contributed by atoms with Crippen LogP contribution in [0.5, 0.6) is 0 Å². The average Bonchev–Trinajstić information content (AvgIpc) is 2.73. The van der Waals surface area contributed by atoms with Crippen LogP contribution in [0.2, 0.25) is 0 Å². The molecule has 14 heavy (non-hydrogen) atoms. The molecule has 1 heterocycles. The van der Waals surface area contributed by atoms with E-state index in [0.29, 0.717) is 5.76 Å². The summed E-state index contributed by atoms with van der Waals surface area (Å²) in [6, 6.07) is 1.92. The Kier molecular flexibility index (Phi) is 2.74. The number of halogens is 1. The zero-order chi connectivity index (χ0) is 10.1. The first kappa shape index (κ1) is 9.93. The Labute approximate surface area is 90.8 Å². The molecule has 1 aliphatic carbocycles. The zero-order valence-electron chi connectivity index (χ0n) is 7.70. The van der Waals surface area contributed by atoms with E-state index in [2.05, 4.69) is 15.9 Å². The minimum Gasteiger partial charge on any atom is -0.460 e. The van der Waals surface area contributed by atoms with E-state index in [1.165, 1.54) is 6.26 Å². The van der Waals surface area contributed by atoms with E-state index in [1.54, 1.807) is 6.07 Å². The lowest BCUT2D eigenvalue weighted by molar-refractivity contribution is 0.0892. The molecule has 2 atom stereocenters. The second-order valence-corrected chi connectivity index (χ2v) is 4.59. The van der Waals surface area contributed by atoms with E-state index in [0.717, 1.165) is 23.7 Å². The van der Waals surface area contributed by atoms with Crippen molar-refractivity contribution < 1.29 is 9.21 Å². The largest absolute Gasteiger partial charge is 0.460 e. The van der Waals surface area contributed by atoms with Gasteiger partial charge in [-0.1, -0.05) is 0 Å². The lowest BCUT2D eigenvalue weighted by Gasteiger charge is -2.05. The maximum atomic E-state index is 11.9. The molecular formula is C10H12BrNO2. The van der Waals surface area contributed by atoms with Crippen molar-refractivity contribution in [2.45, 2.75) is 25.3 Å². The first-order valence-electron chi connectivity index (χ1n) is 4.71. The van der Waals surface area contributed by atoms with Gasteiger partial charge in [-0.3, -0.25) is 4.79 Å². The van der Waals surface area contributed by atoms with Crippen molar-refractivity contribution >= 4 is 21.7 Å². The summed E-state index contributed by atoms with van der Waals surface area (Å²) in [6.07, 6.45) is 4.13. The molecule has 1 aliphatic rings. The Morgan fingerprint density at radius 3 is 2.86 bits per heavy atom. The van der Waals surface area contributed by atoms with Gasteiger partial charge in [0.15, 0.2) is 5.76 Å². The van der Waals surface area contributed by atoms with E-state index in [4.69, 9.17) is 10.2 Å². The van der Waals surface area contributed by atoms with Crippen molar-refractivity contribution in [2.24, 2.45) is 11.7 Å². The Balaban J connectivity index is 2.13. The van der Waals surface area contributed by atoms with Crippen LogP contribution < -0.4 is 5.73 Å². The molecule has 0 spiro atoms. The molecule has 2 N–H and O–H groups in total. The minimum atomic E-state index is 0.0486. The van der Waals surface area contributed by atoms with Crippen molar-refractivity contribution in [1.82, 2.24) is 0 Å². The normalized spacial score (nSPS) is 26.7. The summed E-state index contributed by atoms with van der Waals surface area (Å²) < 4.78 is 5.88. The van der Waals surface area contributed by atoms with Gasteiger partial charge in [0, 0.05) is 12.0 Å². The van der Waals surface area contributed by atoms with Crippen molar-refractivity contribution in [3.8, 4) is 0 Å². The van der Waals surface area contributed by atoms with Crippen molar-refractivity contribution in [1.29, 1.82) is 0 Å². The van der Waals surface area contributed by atoms with Gasteiger partial charge in [0.2, 0.25) is 5.78 Å². The van der Waals surface area contributed by atoms with Gasteiger partial charge in [-0.25, -0.2) is 0 Å². The van der Waals surface area contributed by atoms with Crippen LogP contribution in [0.4, 0.5) is 0 Å². The molecule has 1 fully saturated rings. The average molecular weight is 258 g/mol. The number of hydrogen-bond acceptors (Lipinski definition) is 3. The standard InChI is InChI=1S/C10H12BrNO2/c11-8-3-4-14-10(8)9(13)6-1-2-7(12)5-6/h3-4,6-7H,1-2,5,12H2. The highest BCUT2D eigenvalue weighted by Crippen LogP contribution is 2.30. The third kappa shape index (κ3) is 1.77.